The third kappa shape index (κ3) is 6.57. The minimum Gasteiger partial charge on any atom is -0.481 e. The van der Waals surface area contributed by atoms with E-state index in [4.69, 9.17) is 9.47 Å². The average molecular weight is 588 g/mol. The lowest BCUT2D eigenvalue weighted by molar-refractivity contribution is -0.392. The van der Waals surface area contributed by atoms with Gasteiger partial charge in [0.05, 0.1) is 34.5 Å². The Bertz CT molecular complexity index is 1530. The molecule has 1 aliphatic heterocycles. The van der Waals surface area contributed by atoms with E-state index < -0.39 is 37.2 Å². The summed E-state index contributed by atoms with van der Waals surface area (Å²) >= 11 is 0. The number of piperidine rings is 1. The van der Waals surface area contributed by atoms with E-state index in [1.165, 1.54) is 44.6 Å². The number of ether oxygens (including phenoxy) is 2. The summed E-state index contributed by atoms with van der Waals surface area (Å²) in [6.45, 7) is 0.852. The van der Waals surface area contributed by atoms with Crippen molar-refractivity contribution in [1.82, 2.24) is 9.97 Å². The lowest BCUT2D eigenvalue weighted by atomic mass is 10.1. The topological polar surface area (TPSA) is 209 Å². The molecule has 0 saturated carbocycles. The van der Waals surface area contributed by atoms with Gasteiger partial charge in [0.25, 0.3) is 27.3 Å². The first-order valence-electron chi connectivity index (χ1n) is 12.2. The fraction of sp³-hybridized carbons (Fsp3) is 0.292. The number of nitro benzene ring substituents is 2. The van der Waals surface area contributed by atoms with E-state index in [0.717, 1.165) is 31.4 Å². The molecule has 4 rings (SSSR count). The SMILES string of the molecule is COc1cc(NS(=O)(=O)c2ccc(NC(=O)c3cc([N+](=O)[O-])c(N4CCCCC4)c([N+](=O)[O-])c3)cc2)nc(OC)n1. The number of anilines is 3. The van der Waals surface area contributed by atoms with Gasteiger partial charge in [-0.25, -0.2) is 8.42 Å². The van der Waals surface area contributed by atoms with E-state index >= 15 is 0 Å². The molecule has 1 aliphatic rings. The summed E-state index contributed by atoms with van der Waals surface area (Å²) in [5.74, 6) is -0.894. The molecular weight excluding hydrogens is 562 g/mol. The molecule has 2 heterocycles. The van der Waals surface area contributed by atoms with E-state index in [9.17, 15) is 33.4 Å². The lowest BCUT2D eigenvalue weighted by Gasteiger charge is -2.28. The van der Waals surface area contributed by atoms with E-state index in [-0.39, 0.29) is 39.5 Å². The molecule has 0 atom stereocenters. The third-order valence-corrected chi connectivity index (χ3v) is 7.50. The zero-order valence-corrected chi connectivity index (χ0v) is 22.7. The number of carbonyl (C=O) groups is 1. The summed E-state index contributed by atoms with van der Waals surface area (Å²) in [4.78, 5) is 44.4. The number of carbonyl (C=O) groups excluding carboxylic acids is 1. The monoisotopic (exact) mass is 587 g/mol. The molecule has 1 fully saturated rings. The average Bonchev–Trinajstić information content (AvgIpc) is 2.96. The molecule has 0 spiro atoms. The Hall–Kier alpha value is -5.06. The highest BCUT2D eigenvalue weighted by atomic mass is 32.2. The van der Waals surface area contributed by atoms with Crippen molar-refractivity contribution in [2.24, 2.45) is 0 Å². The first kappa shape index (κ1) is 28.9. The molecule has 1 amide bonds. The van der Waals surface area contributed by atoms with E-state index in [1.807, 2.05) is 0 Å². The van der Waals surface area contributed by atoms with Crippen LogP contribution < -0.4 is 24.4 Å². The molecule has 41 heavy (non-hydrogen) atoms. The Balaban J connectivity index is 1.56. The van der Waals surface area contributed by atoms with Crippen LogP contribution in [0, 0.1) is 20.2 Å². The van der Waals surface area contributed by atoms with Crippen LogP contribution in [-0.4, -0.2) is 61.4 Å². The van der Waals surface area contributed by atoms with Gasteiger partial charge in [-0.2, -0.15) is 9.97 Å². The Morgan fingerprint density at radius 2 is 1.54 bits per heavy atom. The predicted molar refractivity (Wildman–Crippen MR) is 146 cm³/mol. The van der Waals surface area contributed by atoms with Gasteiger partial charge in [-0.1, -0.05) is 0 Å². The van der Waals surface area contributed by atoms with Gasteiger partial charge >= 0.3 is 6.01 Å². The molecule has 16 nitrogen and oxygen atoms in total. The number of amides is 1. The Morgan fingerprint density at radius 3 is 2.07 bits per heavy atom. The smallest absolute Gasteiger partial charge is 0.321 e. The summed E-state index contributed by atoms with van der Waals surface area (Å²) in [7, 11) is -1.48. The quantitative estimate of drug-likeness (QED) is 0.258. The van der Waals surface area contributed by atoms with Crippen molar-refractivity contribution in [3.05, 3.63) is 68.3 Å². The fourth-order valence-corrected chi connectivity index (χ4v) is 5.22. The van der Waals surface area contributed by atoms with Crippen LogP contribution in [0.25, 0.3) is 0 Å². The predicted octanol–water partition coefficient (Wildman–Crippen LogP) is 3.35. The summed E-state index contributed by atoms with van der Waals surface area (Å²) in [5.41, 5.74) is -1.37. The van der Waals surface area contributed by atoms with Gasteiger partial charge in [-0.05, 0) is 43.5 Å². The van der Waals surface area contributed by atoms with Crippen LogP contribution in [0.15, 0.2) is 47.4 Å². The van der Waals surface area contributed by atoms with Crippen molar-refractivity contribution in [2.75, 3.05) is 42.2 Å². The molecular formula is C24H25N7O9S. The minimum absolute atomic E-state index is 0.0667. The zero-order chi connectivity index (χ0) is 29.7. The molecule has 17 heteroatoms. The number of sulfonamides is 1. The van der Waals surface area contributed by atoms with Gasteiger partial charge in [0.2, 0.25) is 5.88 Å². The molecule has 216 valence electrons. The maximum Gasteiger partial charge on any atom is 0.321 e. The number of nitrogens with one attached hydrogen (secondary N) is 2. The van der Waals surface area contributed by atoms with Crippen LogP contribution in [0.4, 0.5) is 28.6 Å². The van der Waals surface area contributed by atoms with Gasteiger partial charge in [0, 0.05) is 37.0 Å². The second-order valence-electron chi connectivity index (χ2n) is 8.79. The highest BCUT2D eigenvalue weighted by Crippen LogP contribution is 2.40. The maximum atomic E-state index is 13.0. The number of methoxy groups -OCH3 is 2. The molecule has 1 saturated heterocycles. The van der Waals surface area contributed by atoms with Gasteiger partial charge in [0.1, 0.15) is 0 Å². The second-order valence-corrected chi connectivity index (χ2v) is 10.5. The Morgan fingerprint density at radius 1 is 0.927 bits per heavy atom. The van der Waals surface area contributed by atoms with Crippen molar-refractivity contribution in [1.29, 1.82) is 0 Å². The highest BCUT2D eigenvalue weighted by Gasteiger charge is 2.33. The van der Waals surface area contributed by atoms with Crippen LogP contribution in [-0.2, 0) is 10.0 Å². The molecule has 0 bridgehead atoms. The number of hydrogen-bond donors (Lipinski definition) is 2. The highest BCUT2D eigenvalue weighted by molar-refractivity contribution is 7.92. The van der Waals surface area contributed by atoms with Crippen LogP contribution in [0.3, 0.4) is 0 Å². The normalized spacial score (nSPS) is 13.3. The zero-order valence-electron chi connectivity index (χ0n) is 21.9. The number of nitro groups is 2. The maximum absolute atomic E-state index is 13.0. The number of hydrogen-bond acceptors (Lipinski definition) is 12. The van der Waals surface area contributed by atoms with Crippen LogP contribution in [0.1, 0.15) is 29.6 Å². The summed E-state index contributed by atoms with van der Waals surface area (Å²) in [5, 5.41) is 26.2. The van der Waals surface area contributed by atoms with Crippen LogP contribution in [0.2, 0.25) is 0 Å². The standard InChI is InChI=1S/C24H25N7O9S/c1-39-21-14-20(26-24(27-21)40-2)28-41(37,38)17-8-6-16(7-9-17)25-23(32)15-12-18(30(33)34)22(19(13-15)31(35)36)29-10-4-3-5-11-29/h6-9,12-14H,3-5,10-11H2,1-2H3,(H,25,32)(H,26,27,28). The van der Waals surface area contributed by atoms with E-state index in [0.29, 0.717) is 13.1 Å². The van der Waals surface area contributed by atoms with Gasteiger partial charge in [0.15, 0.2) is 11.5 Å². The molecule has 2 N–H and O–H groups in total. The van der Waals surface area contributed by atoms with Crippen LogP contribution in [0.5, 0.6) is 11.9 Å². The summed E-state index contributed by atoms with van der Waals surface area (Å²) in [6.07, 6.45) is 2.39. The molecule has 0 radical (unpaired) electrons. The largest absolute Gasteiger partial charge is 0.481 e. The minimum atomic E-state index is -4.13. The van der Waals surface area contributed by atoms with Crippen molar-refractivity contribution in [3.8, 4) is 11.9 Å². The first-order chi connectivity index (χ1) is 19.5. The Labute approximate surface area is 233 Å². The number of benzene rings is 2. The molecule has 0 aliphatic carbocycles. The van der Waals surface area contributed by atoms with Crippen LogP contribution >= 0.6 is 0 Å². The van der Waals surface area contributed by atoms with Gasteiger partial charge in [-0.15, -0.1) is 0 Å². The first-order valence-corrected chi connectivity index (χ1v) is 13.6. The van der Waals surface area contributed by atoms with E-state index in [2.05, 4.69) is 20.0 Å². The fourth-order valence-electron chi connectivity index (χ4n) is 4.22. The number of nitrogens with zero attached hydrogens (tertiary/aromatic N) is 5. The number of rotatable bonds is 10. The lowest BCUT2D eigenvalue weighted by Crippen LogP contribution is -2.30. The molecule has 3 aromatic rings. The molecule has 2 aromatic carbocycles. The van der Waals surface area contributed by atoms with Crippen molar-refractivity contribution in [3.63, 3.8) is 0 Å². The Kier molecular flexibility index (Phi) is 8.46. The summed E-state index contributed by atoms with van der Waals surface area (Å²) < 4.78 is 37.9. The van der Waals surface area contributed by atoms with Crippen molar-refractivity contribution >= 4 is 44.5 Å². The number of aromatic nitrogens is 2. The van der Waals surface area contributed by atoms with Crippen molar-refractivity contribution < 1.29 is 32.5 Å². The third-order valence-electron chi connectivity index (χ3n) is 6.13. The molecule has 1 aromatic heterocycles. The van der Waals surface area contributed by atoms with Gasteiger partial charge in [-0.3, -0.25) is 29.7 Å². The second kappa shape index (κ2) is 12.0. The van der Waals surface area contributed by atoms with Gasteiger partial charge < -0.3 is 19.7 Å². The summed E-state index contributed by atoms with van der Waals surface area (Å²) in [6, 6.07) is 8.12. The molecule has 0 unspecified atom stereocenters. The van der Waals surface area contributed by atoms with Crippen molar-refractivity contribution in [2.45, 2.75) is 24.2 Å². The van der Waals surface area contributed by atoms with E-state index in [1.54, 1.807) is 4.90 Å².